The van der Waals surface area contributed by atoms with Gasteiger partial charge in [0.1, 0.15) is 5.56 Å². The molecule has 0 aliphatic rings. The highest BCUT2D eigenvalue weighted by molar-refractivity contribution is 6.03. The van der Waals surface area contributed by atoms with Crippen molar-refractivity contribution in [3.63, 3.8) is 0 Å². The molecule has 0 radical (unpaired) electrons. The second kappa shape index (κ2) is 10.4. The van der Waals surface area contributed by atoms with Crippen molar-refractivity contribution in [2.75, 3.05) is 18.5 Å². The molecule has 2 amide bonds. The normalized spacial score (nSPS) is 10.8. The highest BCUT2D eigenvalue weighted by Gasteiger charge is 2.23. The summed E-state index contributed by atoms with van der Waals surface area (Å²) in [6.07, 6.45) is 1.33. The van der Waals surface area contributed by atoms with Crippen LogP contribution in [-0.2, 0) is 9.53 Å². The number of fused-ring (bicyclic) bond motifs is 1. The number of nitrogens with one attached hydrogen (secondary N) is 2. The zero-order chi connectivity index (χ0) is 25.8. The summed E-state index contributed by atoms with van der Waals surface area (Å²) in [5.74, 6) is -0.996. The maximum absolute atomic E-state index is 12.8. The smallest absolute Gasteiger partial charge is 0.343 e. The second-order valence-corrected chi connectivity index (χ2v) is 8.41. The van der Waals surface area contributed by atoms with E-state index in [-0.39, 0.29) is 30.4 Å². The zero-order valence-corrected chi connectivity index (χ0v) is 20.6. The lowest BCUT2D eigenvalue weighted by Crippen LogP contribution is -2.33. The molecule has 9 heteroatoms. The highest BCUT2D eigenvalue weighted by Crippen LogP contribution is 2.27. The summed E-state index contributed by atoms with van der Waals surface area (Å²) in [5, 5.41) is 10.6. The Labute approximate surface area is 208 Å². The van der Waals surface area contributed by atoms with Crippen molar-refractivity contribution in [2.45, 2.75) is 27.7 Å². The van der Waals surface area contributed by atoms with Gasteiger partial charge in [-0.25, -0.2) is 9.78 Å². The van der Waals surface area contributed by atoms with Crippen molar-refractivity contribution < 1.29 is 19.1 Å². The van der Waals surface area contributed by atoms with Gasteiger partial charge in [-0.3, -0.25) is 9.59 Å². The van der Waals surface area contributed by atoms with Gasteiger partial charge in [-0.15, -0.1) is 0 Å². The van der Waals surface area contributed by atoms with E-state index in [4.69, 9.17) is 9.72 Å². The van der Waals surface area contributed by atoms with Crippen molar-refractivity contribution in [2.24, 2.45) is 0 Å². The fraction of sp³-hybridized carbons (Fsp3) is 0.222. The third-order valence-corrected chi connectivity index (χ3v) is 5.63. The predicted molar refractivity (Wildman–Crippen MR) is 136 cm³/mol. The van der Waals surface area contributed by atoms with Crippen LogP contribution in [0.4, 0.5) is 5.82 Å². The van der Waals surface area contributed by atoms with Crippen LogP contribution in [0.2, 0.25) is 0 Å². The van der Waals surface area contributed by atoms with Crippen molar-refractivity contribution in [1.29, 1.82) is 0 Å². The van der Waals surface area contributed by atoms with Gasteiger partial charge in [0.15, 0.2) is 11.6 Å². The minimum absolute atomic E-state index is 0.0831. The van der Waals surface area contributed by atoms with Crippen molar-refractivity contribution in [3.8, 4) is 5.82 Å². The Balaban J connectivity index is 1.67. The Bertz CT molecular complexity index is 1460. The van der Waals surface area contributed by atoms with E-state index in [1.807, 2.05) is 32.9 Å². The molecule has 0 fully saturated rings. The fourth-order valence-electron chi connectivity index (χ4n) is 3.96. The maximum Gasteiger partial charge on any atom is 0.343 e. The quantitative estimate of drug-likeness (QED) is 0.384. The molecule has 4 rings (SSSR count). The number of benzene rings is 2. The lowest BCUT2D eigenvalue weighted by Gasteiger charge is -2.14. The molecule has 4 aromatic rings. The number of amides is 2. The number of nitrogens with zero attached hydrogens (tertiary/aromatic N) is 3. The van der Waals surface area contributed by atoms with E-state index < -0.39 is 11.9 Å². The predicted octanol–water partition coefficient (Wildman–Crippen LogP) is 3.89. The molecule has 2 heterocycles. The highest BCUT2D eigenvalue weighted by atomic mass is 16.5. The Hall–Kier alpha value is -4.53. The number of aromatic nitrogens is 3. The van der Waals surface area contributed by atoms with Gasteiger partial charge < -0.3 is 15.4 Å². The standard InChI is InChI=1S/C27H27N5O4/c1-5-36-27(35)21-14-29-32(22-13-17(3)20-12-16(2)11-18(4)24(20)30-22)25(21)31-23(33)15-28-26(34)19-9-7-6-8-10-19/h6-14H,5,15H2,1-4H3,(H,28,34)(H,31,33). The average molecular weight is 486 g/mol. The molecular weight excluding hydrogens is 458 g/mol. The molecule has 2 aromatic heterocycles. The third kappa shape index (κ3) is 5.10. The van der Waals surface area contributed by atoms with Crippen molar-refractivity contribution in [3.05, 3.63) is 82.5 Å². The molecule has 0 aliphatic carbocycles. The Morgan fingerprint density at radius 3 is 2.47 bits per heavy atom. The van der Waals surface area contributed by atoms with Gasteiger partial charge in [0.2, 0.25) is 5.91 Å². The topological polar surface area (TPSA) is 115 Å². The molecule has 36 heavy (non-hydrogen) atoms. The summed E-state index contributed by atoms with van der Waals surface area (Å²) >= 11 is 0. The molecule has 2 N–H and O–H groups in total. The van der Waals surface area contributed by atoms with Crippen molar-refractivity contribution >= 4 is 34.5 Å². The molecule has 0 unspecified atom stereocenters. The maximum atomic E-state index is 12.8. The zero-order valence-electron chi connectivity index (χ0n) is 20.6. The number of anilines is 1. The molecule has 0 atom stereocenters. The van der Waals surface area contributed by atoms with Crippen LogP contribution >= 0.6 is 0 Å². The van der Waals surface area contributed by atoms with E-state index in [0.717, 1.165) is 27.6 Å². The van der Waals surface area contributed by atoms with E-state index in [9.17, 15) is 14.4 Å². The minimum Gasteiger partial charge on any atom is -0.462 e. The number of esters is 1. The summed E-state index contributed by atoms with van der Waals surface area (Å²) in [4.78, 5) is 42.5. The minimum atomic E-state index is -0.628. The number of carbonyl (C=O) groups excluding carboxylic acids is 3. The lowest BCUT2D eigenvalue weighted by atomic mass is 10.0. The monoisotopic (exact) mass is 485 g/mol. The molecular formula is C27H27N5O4. The second-order valence-electron chi connectivity index (χ2n) is 8.41. The summed E-state index contributed by atoms with van der Waals surface area (Å²) < 4.78 is 6.55. The largest absolute Gasteiger partial charge is 0.462 e. The van der Waals surface area contributed by atoms with Gasteiger partial charge in [-0.2, -0.15) is 9.78 Å². The summed E-state index contributed by atoms with van der Waals surface area (Å²) in [7, 11) is 0. The van der Waals surface area contributed by atoms with Gasteiger partial charge in [0.25, 0.3) is 5.91 Å². The van der Waals surface area contributed by atoms with E-state index >= 15 is 0 Å². The van der Waals surface area contributed by atoms with Crippen LogP contribution in [0.3, 0.4) is 0 Å². The molecule has 9 nitrogen and oxygen atoms in total. The first-order valence-electron chi connectivity index (χ1n) is 11.6. The molecule has 2 aromatic carbocycles. The first kappa shape index (κ1) is 24.6. The van der Waals surface area contributed by atoms with Crippen LogP contribution in [0.15, 0.2) is 54.7 Å². The SMILES string of the molecule is CCOC(=O)c1cnn(-c2cc(C)c3cc(C)cc(C)c3n2)c1NC(=O)CNC(=O)c1ccccc1. The van der Waals surface area contributed by atoms with E-state index in [1.54, 1.807) is 37.3 Å². The van der Waals surface area contributed by atoms with Crippen molar-refractivity contribution in [1.82, 2.24) is 20.1 Å². The molecule has 0 saturated heterocycles. The van der Waals surface area contributed by atoms with Gasteiger partial charge in [0.05, 0.1) is 24.9 Å². The first-order valence-corrected chi connectivity index (χ1v) is 11.6. The fourth-order valence-corrected chi connectivity index (χ4v) is 3.96. The summed E-state index contributed by atoms with van der Waals surface area (Å²) in [6.45, 7) is 7.54. The van der Waals surface area contributed by atoms with Crippen LogP contribution in [0.5, 0.6) is 0 Å². The Kier molecular flexibility index (Phi) is 7.10. The Morgan fingerprint density at radius 1 is 1.00 bits per heavy atom. The number of hydrogen-bond acceptors (Lipinski definition) is 6. The van der Waals surface area contributed by atoms with Gasteiger partial charge in [0, 0.05) is 10.9 Å². The van der Waals surface area contributed by atoms with Gasteiger partial charge >= 0.3 is 5.97 Å². The first-order chi connectivity index (χ1) is 17.3. The number of ether oxygens (including phenoxy) is 1. The van der Waals surface area contributed by atoms with Crippen LogP contribution in [0.1, 0.15) is 44.3 Å². The number of carbonyl (C=O) groups is 3. The van der Waals surface area contributed by atoms with Crippen LogP contribution in [0.25, 0.3) is 16.7 Å². The molecule has 0 aliphatic heterocycles. The summed E-state index contributed by atoms with van der Waals surface area (Å²) in [5.41, 5.74) is 4.43. The van der Waals surface area contributed by atoms with Gasteiger partial charge in [-0.05, 0) is 63.1 Å². The molecule has 0 spiro atoms. The third-order valence-electron chi connectivity index (χ3n) is 5.63. The molecule has 0 saturated carbocycles. The lowest BCUT2D eigenvalue weighted by molar-refractivity contribution is -0.115. The number of hydrogen-bond donors (Lipinski definition) is 2. The van der Waals surface area contributed by atoms with Crippen LogP contribution in [0, 0.1) is 20.8 Å². The Morgan fingerprint density at radius 2 is 1.75 bits per heavy atom. The number of aryl methyl sites for hydroxylation is 3. The molecule has 0 bridgehead atoms. The average Bonchev–Trinajstić information content (AvgIpc) is 3.27. The van der Waals surface area contributed by atoms with Crippen LogP contribution in [-0.4, -0.2) is 45.7 Å². The number of rotatable bonds is 7. The number of pyridine rings is 1. The van der Waals surface area contributed by atoms with Gasteiger partial charge in [-0.1, -0.05) is 29.8 Å². The molecule has 184 valence electrons. The van der Waals surface area contributed by atoms with Crippen LogP contribution < -0.4 is 10.6 Å². The van der Waals surface area contributed by atoms with E-state index in [1.165, 1.54) is 10.9 Å². The summed E-state index contributed by atoms with van der Waals surface area (Å²) in [6, 6.07) is 14.5. The van der Waals surface area contributed by atoms with E-state index in [0.29, 0.717) is 11.4 Å². The van der Waals surface area contributed by atoms with E-state index in [2.05, 4.69) is 21.8 Å².